The molecule has 1 aromatic carbocycles. The van der Waals surface area contributed by atoms with Gasteiger partial charge in [-0.05, 0) is 46.9 Å². The number of hydrogen-bond acceptors (Lipinski definition) is 0. The van der Waals surface area contributed by atoms with Crippen molar-refractivity contribution in [1.82, 2.24) is 0 Å². The highest BCUT2D eigenvalue weighted by molar-refractivity contribution is 5.62. The molecule has 124 valence electrons. The van der Waals surface area contributed by atoms with Gasteiger partial charge in [-0.3, -0.25) is 0 Å². The summed E-state index contributed by atoms with van der Waals surface area (Å²) in [6.07, 6.45) is 0.0528. The summed E-state index contributed by atoms with van der Waals surface area (Å²) < 4.78 is 42.5. The first kappa shape index (κ1) is 11.8. The third kappa shape index (κ3) is 4.43. The maximum Gasteiger partial charge on any atom is 0.212 e. The Morgan fingerprint density at radius 1 is 1.09 bits per heavy atom. The molecule has 2 aromatic rings. The quantitative estimate of drug-likeness (QED) is 0.656. The van der Waals surface area contributed by atoms with Crippen LogP contribution in [-0.2, 0) is 18.8 Å². The van der Waals surface area contributed by atoms with Gasteiger partial charge >= 0.3 is 0 Å². The molecule has 1 nitrogen and oxygen atoms in total. The Kier molecular flexibility index (Phi) is 3.14. The maximum atomic E-state index is 8.56. The standard InChI is InChI=1S/C22H32N/c1-16-13-17(15-21(2,3)4)9-10-19(16)20-14-18(22(5,6)7)11-12-23(20)8/h9-14H,15H2,1-8H3/q+1/i2D3,15D2. The van der Waals surface area contributed by atoms with Crippen LogP contribution in [0.4, 0.5) is 0 Å². The van der Waals surface area contributed by atoms with Crippen molar-refractivity contribution in [3.05, 3.63) is 53.2 Å². The van der Waals surface area contributed by atoms with E-state index in [4.69, 9.17) is 6.85 Å². The second-order valence-corrected chi connectivity index (χ2v) is 7.94. The zero-order valence-corrected chi connectivity index (χ0v) is 15.4. The number of pyridine rings is 1. The van der Waals surface area contributed by atoms with Crippen LogP contribution < -0.4 is 4.57 Å². The van der Waals surface area contributed by atoms with Crippen LogP contribution in [0.2, 0.25) is 0 Å². The molecule has 0 aliphatic rings. The first-order valence-electron chi connectivity index (χ1n) is 10.6. The van der Waals surface area contributed by atoms with Gasteiger partial charge < -0.3 is 0 Å². The summed E-state index contributed by atoms with van der Waals surface area (Å²) >= 11 is 0. The van der Waals surface area contributed by atoms with E-state index in [2.05, 4.69) is 37.5 Å². The van der Waals surface area contributed by atoms with Gasteiger partial charge in [-0.1, -0.05) is 53.6 Å². The van der Waals surface area contributed by atoms with Gasteiger partial charge in [0.1, 0.15) is 7.05 Å². The van der Waals surface area contributed by atoms with E-state index >= 15 is 0 Å². The van der Waals surface area contributed by atoms with Crippen LogP contribution in [0, 0.1) is 12.3 Å². The Balaban J connectivity index is 2.58. The van der Waals surface area contributed by atoms with Crippen molar-refractivity contribution in [2.24, 2.45) is 12.5 Å². The molecule has 0 bridgehead atoms. The van der Waals surface area contributed by atoms with Crippen molar-refractivity contribution < 1.29 is 11.4 Å². The van der Waals surface area contributed by atoms with Crippen LogP contribution in [0.1, 0.15) is 65.0 Å². The van der Waals surface area contributed by atoms with Gasteiger partial charge in [0.2, 0.25) is 5.69 Å². The van der Waals surface area contributed by atoms with E-state index in [1.807, 2.05) is 26.2 Å². The summed E-state index contributed by atoms with van der Waals surface area (Å²) in [7, 11) is 1.99. The molecule has 23 heavy (non-hydrogen) atoms. The van der Waals surface area contributed by atoms with Crippen molar-refractivity contribution in [2.45, 2.75) is 60.2 Å². The Labute approximate surface area is 149 Å². The molecule has 0 fully saturated rings. The predicted molar refractivity (Wildman–Crippen MR) is 99.7 cm³/mol. The highest BCUT2D eigenvalue weighted by Crippen LogP contribution is 2.29. The van der Waals surface area contributed by atoms with Crippen LogP contribution in [0.3, 0.4) is 0 Å². The molecule has 0 saturated carbocycles. The van der Waals surface area contributed by atoms with Gasteiger partial charge in [0.25, 0.3) is 0 Å². The Bertz CT molecular complexity index is 873. The van der Waals surface area contributed by atoms with E-state index in [0.717, 1.165) is 16.8 Å². The summed E-state index contributed by atoms with van der Waals surface area (Å²) in [5.41, 5.74) is 3.12. The van der Waals surface area contributed by atoms with E-state index in [9.17, 15) is 0 Å². The molecule has 0 unspecified atom stereocenters. The molecular formula is C22H32N+. The van der Waals surface area contributed by atoms with Crippen LogP contribution in [-0.4, -0.2) is 0 Å². The van der Waals surface area contributed by atoms with Gasteiger partial charge in [0, 0.05) is 24.5 Å². The maximum absolute atomic E-state index is 8.56. The lowest BCUT2D eigenvalue weighted by atomic mass is 9.85. The summed E-state index contributed by atoms with van der Waals surface area (Å²) in [5, 5.41) is 0. The number of aryl methyl sites for hydroxylation is 2. The fraction of sp³-hybridized carbons (Fsp3) is 0.500. The van der Waals surface area contributed by atoms with Crippen molar-refractivity contribution in [2.75, 3.05) is 0 Å². The van der Waals surface area contributed by atoms with Crippen LogP contribution >= 0.6 is 0 Å². The van der Waals surface area contributed by atoms with Crippen LogP contribution in [0.15, 0.2) is 36.5 Å². The molecule has 1 heteroatoms. The summed E-state index contributed by atoms with van der Waals surface area (Å²) in [4.78, 5) is 0. The molecule has 0 radical (unpaired) electrons. The number of rotatable bonds is 2. The number of benzene rings is 1. The fourth-order valence-electron chi connectivity index (χ4n) is 2.69. The largest absolute Gasteiger partial charge is 0.212 e. The molecule has 0 aliphatic carbocycles. The predicted octanol–water partition coefficient (Wildman–Crippen LogP) is 5.37. The summed E-state index contributed by atoms with van der Waals surface area (Å²) in [6.45, 7) is 9.00. The third-order valence-electron chi connectivity index (χ3n) is 3.98. The minimum Gasteiger partial charge on any atom is -0.201 e. The molecule has 1 aromatic heterocycles. The molecule has 0 spiro atoms. The zero-order chi connectivity index (χ0) is 21.7. The zero-order valence-electron chi connectivity index (χ0n) is 20.4. The Hall–Kier alpha value is -1.63. The monoisotopic (exact) mass is 315 g/mol. The number of hydrogen-bond donors (Lipinski definition) is 0. The third-order valence-corrected chi connectivity index (χ3v) is 3.98. The van der Waals surface area contributed by atoms with Crippen molar-refractivity contribution in [1.29, 1.82) is 0 Å². The molecule has 1 heterocycles. The van der Waals surface area contributed by atoms with Crippen molar-refractivity contribution in [3.63, 3.8) is 0 Å². The average molecular weight is 316 g/mol. The highest BCUT2D eigenvalue weighted by Gasteiger charge is 2.20. The lowest BCUT2D eigenvalue weighted by Crippen LogP contribution is -2.31. The normalized spacial score (nSPS) is 16.9. The first-order chi connectivity index (χ1) is 12.5. The van der Waals surface area contributed by atoms with Gasteiger partial charge in [0.15, 0.2) is 6.20 Å². The van der Waals surface area contributed by atoms with Crippen molar-refractivity contribution in [3.8, 4) is 11.3 Å². The molecule has 0 saturated heterocycles. The van der Waals surface area contributed by atoms with E-state index in [0.29, 0.717) is 5.56 Å². The molecule has 0 N–H and O–H groups in total. The summed E-state index contributed by atoms with van der Waals surface area (Å²) in [5.74, 6) is 0. The van der Waals surface area contributed by atoms with E-state index in [1.165, 1.54) is 19.4 Å². The first-order valence-corrected chi connectivity index (χ1v) is 8.12. The molecule has 0 amide bonds. The minimum atomic E-state index is -2.41. The SMILES string of the molecule is [2H]C([2H])([2H])C(C)(C)C([2H])([2H])c1ccc(-c2cc(C(C)(C)C)cc[n+]2C)c(C)c1. The average Bonchev–Trinajstić information content (AvgIpc) is 2.53. The van der Waals surface area contributed by atoms with Gasteiger partial charge in [-0.25, -0.2) is 4.57 Å². The fourth-order valence-corrected chi connectivity index (χ4v) is 2.69. The number of nitrogens with zero attached hydrogens (tertiary/aromatic N) is 1. The molecule has 2 rings (SSSR count). The van der Waals surface area contributed by atoms with Gasteiger partial charge in [0.05, 0.1) is 0 Å². The topological polar surface area (TPSA) is 3.88 Å². The lowest BCUT2D eigenvalue weighted by molar-refractivity contribution is -0.660. The number of aromatic nitrogens is 1. The second kappa shape index (κ2) is 6.11. The van der Waals surface area contributed by atoms with E-state index in [-0.39, 0.29) is 5.41 Å². The molecular weight excluding hydrogens is 278 g/mol. The second-order valence-electron chi connectivity index (χ2n) is 7.94. The smallest absolute Gasteiger partial charge is 0.201 e. The van der Waals surface area contributed by atoms with Gasteiger partial charge in [-0.15, -0.1) is 0 Å². The summed E-state index contributed by atoms with van der Waals surface area (Å²) in [6, 6.07) is 9.69. The Morgan fingerprint density at radius 2 is 1.78 bits per heavy atom. The minimum absolute atomic E-state index is 0.0259. The van der Waals surface area contributed by atoms with Crippen molar-refractivity contribution >= 4 is 0 Å². The van der Waals surface area contributed by atoms with Crippen LogP contribution in [0.25, 0.3) is 11.3 Å². The van der Waals surface area contributed by atoms with E-state index in [1.54, 1.807) is 12.1 Å². The van der Waals surface area contributed by atoms with Gasteiger partial charge in [-0.2, -0.15) is 0 Å². The molecule has 0 aliphatic heterocycles. The highest BCUT2D eigenvalue weighted by atomic mass is 14.9. The van der Waals surface area contributed by atoms with E-state index < -0.39 is 18.6 Å². The van der Waals surface area contributed by atoms with Crippen LogP contribution in [0.5, 0.6) is 0 Å². The lowest BCUT2D eigenvalue weighted by Gasteiger charge is -2.20. The molecule has 0 atom stereocenters. The Morgan fingerprint density at radius 3 is 2.35 bits per heavy atom.